The van der Waals surface area contributed by atoms with Crippen LogP contribution in [0.4, 0.5) is 0 Å². The highest BCUT2D eigenvalue weighted by Gasteiger charge is 1.58. The van der Waals surface area contributed by atoms with E-state index in [0.717, 1.165) is 0 Å². The molecule has 0 radical (unpaired) electrons. The first-order chi connectivity index (χ1) is 4.91. The quantitative estimate of drug-likeness (QED) is 0.554. The molecule has 0 spiro atoms. The van der Waals surface area contributed by atoms with Crippen LogP contribution in [0.1, 0.15) is 0 Å². The Bertz CT molecular complexity index is 101. The molecule has 0 unspecified atom stereocenters. The van der Waals surface area contributed by atoms with E-state index in [1.165, 1.54) is 0 Å². The topological polar surface area (TPSA) is 37.0 Å². The second-order valence-corrected chi connectivity index (χ2v) is 1.52. The van der Waals surface area contributed by atoms with Gasteiger partial charge in [0.2, 0.25) is 0 Å². The lowest BCUT2D eigenvalue weighted by atomic mass is 10.5. The summed E-state index contributed by atoms with van der Waals surface area (Å²) in [5.41, 5.74) is 5.36. The summed E-state index contributed by atoms with van der Waals surface area (Å²) in [6.45, 7) is 0. The van der Waals surface area contributed by atoms with Crippen LogP contribution >= 0.6 is 0 Å². The number of nitrogens with one attached hydrogen (secondary N) is 2. The second kappa shape index (κ2) is 8.07. The third kappa shape index (κ3) is 7.07. The highest BCUT2D eigenvalue weighted by atomic mass is 15.3. The number of hydrogen-bond donors (Lipinski definition) is 2. The summed E-state index contributed by atoms with van der Waals surface area (Å²) in [5, 5.41) is 0. The van der Waals surface area contributed by atoms with Gasteiger partial charge >= 0.3 is 0 Å². The Morgan fingerprint density at radius 1 is 0.900 bits per heavy atom. The fourth-order valence-corrected chi connectivity index (χ4v) is 0.313. The maximum absolute atomic E-state index is 3.78. The van der Waals surface area contributed by atoms with E-state index in [1.807, 2.05) is 32.3 Å². The van der Waals surface area contributed by atoms with Gasteiger partial charge in [-0.3, -0.25) is 15.8 Å². The first kappa shape index (κ1) is 9.07. The van der Waals surface area contributed by atoms with Crippen molar-refractivity contribution in [2.75, 3.05) is 14.1 Å². The highest BCUT2D eigenvalue weighted by Crippen LogP contribution is 1.73. The molecule has 1 heterocycles. The van der Waals surface area contributed by atoms with Crippen molar-refractivity contribution in [1.29, 1.82) is 0 Å². The van der Waals surface area contributed by atoms with Crippen LogP contribution in [0.15, 0.2) is 30.6 Å². The molecule has 0 aliphatic heterocycles. The van der Waals surface area contributed by atoms with Gasteiger partial charge in [-0.2, -0.15) is 0 Å². The van der Waals surface area contributed by atoms with Crippen molar-refractivity contribution in [1.82, 2.24) is 15.8 Å². The molecule has 3 nitrogen and oxygen atoms in total. The van der Waals surface area contributed by atoms with E-state index >= 15 is 0 Å². The van der Waals surface area contributed by atoms with E-state index in [0.29, 0.717) is 0 Å². The smallest absolute Gasteiger partial charge is 0.0267 e. The molecule has 10 heavy (non-hydrogen) atoms. The molecular weight excluding hydrogens is 126 g/mol. The Hall–Kier alpha value is -0.930. The lowest BCUT2D eigenvalue weighted by Crippen LogP contribution is -2.21. The van der Waals surface area contributed by atoms with Crippen LogP contribution in [0.3, 0.4) is 0 Å². The molecule has 0 saturated carbocycles. The molecule has 0 aromatic carbocycles. The van der Waals surface area contributed by atoms with Crippen molar-refractivity contribution < 1.29 is 0 Å². The van der Waals surface area contributed by atoms with Crippen molar-refractivity contribution in [3.63, 3.8) is 0 Å². The van der Waals surface area contributed by atoms with Crippen molar-refractivity contribution in [2.45, 2.75) is 0 Å². The van der Waals surface area contributed by atoms with Gasteiger partial charge < -0.3 is 0 Å². The molecule has 0 aliphatic carbocycles. The van der Waals surface area contributed by atoms with Crippen molar-refractivity contribution in [3.8, 4) is 0 Å². The molecule has 0 fully saturated rings. The Labute approximate surface area is 61.5 Å². The summed E-state index contributed by atoms with van der Waals surface area (Å²) in [7, 11) is 3.64. The van der Waals surface area contributed by atoms with Gasteiger partial charge in [-0.05, 0) is 26.2 Å². The molecule has 0 saturated heterocycles. The van der Waals surface area contributed by atoms with E-state index in [2.05, 4.69) is 15.8 Å². The molecule has 1 aromatic rings. The van der Waals surface area contributed by atoms with E-state index in [4.69, 9.17) is 0 Å². The average molecular weight is 139 g/mol. The largest absolute Gasteiger partial charge is 0.265 e. The molecule has 1 rings (SSSR count). The summed E-state index contributed by atoms with van der Waals surface area (Å²) >= 11 is 0. The van der Waals surface area contributed by atoms with E-state index < -0.39 is 0 Å². The Morgan fingerprint density at radius 2 is 1.40 bits per heavy atom. The lowest BCUT2D eigenvalue weighted by molar-refractivity contribution is 0.689. The molecule has 0 atom stereocenters. The molecule has 0 bridgehead atoms. The number of rotatable bonds is 1. The normalized spacial score (nSPS) is 7.80. The van der Waals surface area contributed by atoms with Gasteiger partial charge in [0.15, 0.2) is 0 Å². The summed E-state index contributed by atoms with van der Waals surface area (Å²) in [6.07, 6.45) is 3.50. The van der Waals surface area contributed by atoms with Crippen LogP contribution in [0.25, 0.3) is 0 Å². The average Bonchev–Trinajstić information content (AvgIpc) is 2.08. The van der Waals surface area contributed by atoms with Crippen molar-refractivity contribution in [3.05, 3.63) is 30.6 Å². The van der Waals surface area contributed by atoms with Gasteiger partial charge in [-0.15, -0.1) is 0 Å². The highest BCUT2D eigenvalue weighted by molar-refractivity contribution is 4.88. The van der Waals surface area contributed by atoms with Gasteiger partial charge in [0.05, 0.1) is 0 Å². The maximum Gasteiger partial charge on any atom is 0.0267 e. The minimum atomic E-state index is 1.75. The Kier molecular flexibility index (Phi) is 7.32. The molecule has 0 aliphatic rings. The molecule has 2 N–H and O–H groups in total. The molecule has 0 amide bonds. The first-order valence-electron chi connectivity index (χ1n) is 3.10. The van der Waals surface area contributed by atoms with Gasteiger partial charge in [0, 0.05) is 12.4 Å². The van der Waals surface area contributed by atoms with Gasteiger partial charge in [0.1, 0.15) is 0 Å². The predicted octanol–water partition coefficient (Wildman–Crippen LogP) is 0.422. The van der Waals surface area contributed by atoms with Gasteiger partial charge in [0.25, 0.3) is 0 Å². The Balaban J connectivity index is 0.000000180. The number of aromatic nitrogens is 1. The molecular formula is C7H13N3. The monoisotopic (exact) mass is 139 g/mol. The van der Waals surface area contributed by atoms with Crippen molar-refractivity contribution in [2.24, 2.45) is 0 Å². The zero-order valence-corrected chi connectivity index (χ0v) is 6.33. The van der Waals surface area contributed by atoms with Crippen LogP contribution in [-0.4, -0.2) is 19.1 Å². The van der Waals surface area contributed by atoms with E-state index in [-0.39, 0.29) is 0 Å². The van der Waals surface area contributed by atoms with Crippen LogP contribution in [0, 0.1) is 0 Å². The number of nitrogens with zero attached hydrogens (tertiary/aromatic N) is 1. The number of pyridine rings is 1. The van der Waals surface area contributed by atoms with Crippen LogP contribution in [0.5, 0.6) is 0 Å². The zero-order chi connectivity index (χ0) is 7.66. The fourth-order valence-electron chi connectivity index (χ4n) is 0.313. The zero-order valence-electron chi connectivity index (χ0n) is 6.33. The third-order valence-electron chi connectivity index (χ3n) is 0.816. The Morgan fingerprint density at radius 3 is 1.50 bits per heavy atom. The van der Waals surface area contributed by atoms with Crippen LogP contribution in [0.2, 0.25) is 0 Å². The lowest BCUT2D eigenvalue weighted by Gasteiger charge is -1.81. The molecule has 3 heteroatoms. The maximum atomic E-state index is 3.78. The summed E-state index contributed by atoms with van der Waals surface area (Å²) in [4.78, 5) is 3.78. The minimum Gasteiger partial charge on any atom is -0.265 e. The molecule has 56 valence electrons. The van der Waals surface area contributed by atoms with Gasteiger partial charge in [-0.25, -0.2) is 0 Å². The van der Waals surface area contributed by atoms with E-state index in [1.54, 1.807) is 12.4 Å². The van der Waals surface area contributed by atoms with Crippen molar-refractivity contribution >= 4 is 0 Å². The van der Waals surface area contributed by atoms with Gasteiger partial charge in [-0.1, -0.05) is 6.07 Å². The summed E-state index contributed by atoms with van der Waals surface area (Å²) < 4.78 is 0. The SMILES string of the molecule is CNNC.c1ccncc1. The van der Waals surface area contributed by atoms with Crippen LogP contribution < -0.4 is 10.9 Å². The standard InChI is InChI=1S/C5H5N.C2H8N2/c1-2-4-6-5-3-1;1-3-4-2/h1-5H;3-4H,1-2H3. The summed E-state index contributed by atoms with van der Waals surface area (Å²) in [5.74, 6) is 0. The minimum absolute atomic E-state index is 1.75. The predicted molar refractivity (Wildman–Crippen MR) is 42.4 cm³/mol. The number of hydrogen-bond acceptors (Lipinski definition) is 3. The molecule has 1 aromatic heterocycles. The summed E-state index contributed by atoms with van der Waals surface area (Å²) in [6, 6.07) is 5.72. The van der Waals surface area contributed by atoms with E-state index in [9.17, 15) is 0 Å². The first-order valence-corrected chi connectivity index (χ1v) is 3.10. The third-order valence-corrected chi connectivity index (χ3v) is 0.816. The number of hydrazine groups is 1. The fraction of sp³-hybridized carbons (Fsp3) is 0.286. The second-order valence-electron chi connectivity index (χ2n) is 1.52. The van der Waals surface area contributed by atoms with Crippen LogP contribution in [-0.2, 0) is 0 Å².